The highest BCUT2D eigenvalue weighted by molar-refractivity contribution is 5.20. The zero-order chi connectivity index (χ0) is 11.3. The van der Waals surface area contributed by atoms with Gasteiger partial charge in [0.05, 0.1) is 17.6 Å². The van der Waals surface area contributed by atoms with Crippen LogP contribution in [0.4, 0.5) is 5.69 Å². The Hall–Kier alpha value is -1.47. The summed E-state index contributed by atoms with van der Waals surface area (Å²) in [7, 11) is 0. The Morgan fingerprint density at radius 1 is 1.80 bits per heavy atom. The SMILES string of the molecule is CCNCC(O)Cn1cc([N+](=O)[O-])cn1. The summed E-state index contributed by atoms with van der Waals surface area (Å²) in [6.45, 7) is 3.41. The van der Waals surface area contributed by atoms with E-state index in [1.54, 1.807) is 0 Å². The molecule has 7 heteroatoms. The maximum absolute atomic E-state index is 10.3. The topological polar surface area (TPSA) is 93.2 Å². The fourth-order valence-electron chi connectivity index (χ4n) is 1.14. The maximum Gasteiger partial charge on any atom is 0.306 e. The highest BCUT2D eigenvalue weighted by Crippen LogP contribution is 2.07. The molecule has 7 nitrogen and oxygen atoms in total. The summed E-state index contributed by atoms with van der Waals surface area (Å²) in [6.07, 6.45) is 1.87. The first-order chi connectivity index (χ1) is 7.13. The number of aromatic nitrogens is 2. The Balaban J connectivity index is 2.46. The van der Waals surface area contributed by atoms with E-state index in [4.69, 9.17) is 0 Å². The van der Waals surface area contributed by atoms with Crippen molar-refractivity contribution in [1.29, 1.82) is 0 Å². The minimum Gasteiger partial charge on any atom is -0.390 e. The van der Waals surface area contributed by atoms with Crippen molar-refractivity contribution < 1.29 is 10.0 Å². The zero-order valence-corrected chi connectivity index (χ0v) is 8.46. The molecule has 1 aromatic heterocycles. The van der Waals surface area contributed by atoms with E-state index in [1.165, 1.54) is 17.1 Å². The van der Waals surface area contributed by atoms with E-state index in [9.17, 15) is 15.2 Å². The van der Waals surface area contributed by atoms with Crippen LogP contribution in [0.25, 0.3) is 0 Å². The van der Waals surface area contributed by atoms with Gasteiger partial charge in [-0.3, -0.25) is 14.8 Å². The van der Waals surface area contributed by atoms with Crippen LogP contribution in [-0.2, 0) is 6.54 Å². The molecule has 0 radical (unpaired) electrons. The van der Waals surface area contributed by atoms with Gasteiger partial charge in [-0.1, -0.05) is 6.92 Å². The highest BCUT2D eigenvalue weighted by Gasteiger charge is 2.11. The number of nitrogens with one attached hydrogen (secondary N) is 1. The molecular formula is C8H14N4O3. The third-order valence-corrected chi connectivity index (χ3v) is 1.86. The van der Waals surface area contributed by atoms with Gasteiger partial charge in [0.1, 0.15) is 12.4 Å². The third kappa shape index (κ3) is 3.64. The van der Waals surface area contributed by atoms with Gasteiger partial charge in [-0.2, -0.15) is 5.10 Å². The molecule has 0 spiro atoms. The Morgan fingerprint density at radius 2 is 2.53 bits per heavy atom. The molecule has 0 aliphatic heterocycles. The van der Waals surface area contributed by atoms with E-state index in [-0.39, 0.29) is 12.2 Å². The average Bonchev–Trinajstić information content (AvgIpc) is 2.63. The molecule has 0 saturated carbocycles. The van der Waals surface area contributed by atoms with Gasteiger partial charge in [-0.15, -0.1) is 0 Å². The van der Waals surface area contributed by atoms with Crippen LogP contribution in [0, 0.1) is 10.1 Å². The van der Waals surface area contributed by atoms with Gasteiger partial charge in [0.15, 0.2) is 0 Å². The molecule has 1 atom stereocenters. The first-order valence-electron chi connectivity index (χ1n) is 4.69. The third-order valence-electron chi connectivity index (χ3n) is 1.86. The molecule has 0 saturated heterocycles. The Morgan fingerprint density at radius 3 is 3.07 bits per heavy atom. The van der Waals surface area contributed by atoms with Crippen LogP contribution in [0.15, 0.2) is 12.4 Å². The van der Waals surface area contributed by atoms with Crippen LogP contribution < -0.4 is 5.32 Å². The van der Waals surface area contributed by atoms with Crippen LogP contribution in [0.5, 0.6) is 0 Å². The number of likely N-dealkylation sites (N-methyl/N-ethyl adjacent to an activating group) is 1. The minimum atomic E-state index is -0.593. The van der Waals surface area contributed by atoms with Crippen LogP contribution in [0.3, 0.4) is 0 Å². The van der Waals surface area contributed by atoms with Crippen molar-refractivity contribution in [3.05, 3.63) is 22.5 Å². The van der Waals surface area contributed by atoms with E-state index < -0.39 is 11.0 Å². The van der Waals surface area contributed by atoms with Crippen molar-refractivity contribution in [2.75, 3.05) is 13.1 Å². The monoisotopic (exact) mass is 214 g/mol. The molecule has 0 amide bonds. The number of aliphatic hydroxyl groups excluding tert-OH is 1. The van der Waals surface area contributed by atoms with Gasteiger partial charge in [0, 0.05) is 6.54 Å². The highest BCUT2D eigenvalue weighted by atomic mass is 16.6. The van der Waals surface area contributed by atoms with Gasteiger partial charge < -0.3 is 10.4 Å². The number of rotatable bonds is 6. The summed E-state index contributed by atoms with van der Waals surface area (Å²) in [5.41, 5.74) is -0.0642. The predicted octanol–water partition coefficient (Wildman–Crippen LogP) is -0.238. The van der Waals surface area contributed by atoms with Crippen LogP contribution in [0.1, 0.15) is 6.92 Å². The number of aliphatic hydroxyl groups is 1. The molecule has 15 heavy (non-hydrogen) atoms. The summed E-state index contributed by atoms with van der Waals surface area (Å²) < 4.78 is 1.36. The lowest BCUT2D eigenvalue weighted by Crippen LogP contribution is -2.30. The molecule has 0 bridgehead atoms. The molecule has 0 aliphatic carbocycles. The van der Waals surface area contributed by atoms with Gasteiger partial charge >= 0.3 is 5.69 Å². The van der Waals surface area contributed by atoms with E-state index in [2.05, 4.69) is 10.4 Å². The average molecular weight is 214 g/mol. The summed E-state index contributed by atoms with van der Waals surface area (Å²) in [5.74, 6) is 0. The summed E-state index contributed by atoms with van der Waals surface area (Å²) >= 11 is 0. The molecule has 0 aliphatic rings. The molecule has 84 valence electrons. The molecule has 0 aromatic carbocycles. The van der Waals surface area contributed by atoms with Gasteiger partial charge in [0.25, 0.3) is 0 Å². The van der Waals surface area contributed by atoms with Crippen LogP contribution in [0.2, 0.25) is 0 Å². The molecular weight excluding hydrogens is 200 g/mol. The molecule has 2 N–H and O–H groups in total. The van der Waals surface area contributed by atoms with Crippen molar-refractivity contribution in [3.8, 4) is 0 Å². The molecule has 0 fully saturated rings. The van der Waals surface area contributed by atoms with E-state index in [0.29, 0.717) is 6.54 Å². The predicted molar refractivity (Wildman–Crippen MR) is 53.4 cm³/mol. The quantitative estimate of drug-likeness (QED) is 0.503. The molecule has 1 heterocycles. The second-order valence-corrected chi connectivity index (χ2v) is 3.14. The van der Waals surface area contributed by atoms with Crippen molar-refractivity contribution >= 4 is 5.69 Å². The van der Waals surface area contributed by atoms with Gasteiger partial charge in [-0.25, -0.2) is 0 Å². The summed E-state index contributed by atoms with van der Waals surface area (Å²) in [6, 6.07) is 0. The molecule has 1 aromatic rings. The van der Waals surface area contributed by atoms with Gasteiger partial charge in [0.2, 0.25) is 0 Å². The van der Waals surface area contributed by atoms with Crippen molar-refractivity contribution in [3.63, 3.8) is 0 Å². The molecule has 1 unspecified atom stereocenters. The lowest BCUT2D eigenvalue weighted by atomic mass is 10.3. The fourth-order valence-corrected chi connectivity index (χ4v) is 1.14. The number of hydrogen-bond donors (Lipinski definition) is 2. The minimum absolute atomic E-state index is 0.0642. The van der Waals surface area contributed by atoms with Crippen molar-refractivity contribution in [2.45, 2.75) is 19.6 Å². The van der Waals surface area contributed by atoms with Crippen LogP contribution >= 0.6 is 0 Å². The summed E-state index contributed by atoms with van der Waals surface area (Å²) in [5, 5.41) is 26.6. The Bertz CT molecular complexity index is 325. The van der Waals surface area contributed by atoms with Gasteiger partial charge in [-0.05, 0) is 6.54 Å². The Kier molecular flexibility index (Phi) is 4.19. The maximum atomic E-state index is 10.3. The fraction of sp³-hybridized carbons (Fsp3) is 0.625. The Labute approximate surface area is 86.9 Å². The number of nitro groups is 1. The largest absolute Gasteiger partial charge is 0.390 e. The lowest BCUT2D eigenvalue weighted by Gasteiger charge is -2.09. The normalized spacial score (nSPS) is 12.7. The second kappa shape index (κ2) is 5.42. The van der Waals surface area contributed by atoms with Crippen molar-refractivity contribution in [1.82, 2.24) is 15.1 Å². The van der Waals surface area contributed by atoms with E-state index >= 15 is 0 Å². The number of hydrogen-bond acceptors (Lipinski definition) is 5. The first kappa shape index (κ1) is 11.6. The van der Waals surface area contributed by atoms with E-state index in [0.717, 1.165) is 6.54 Å². The number of nitrogens with zero attached hydrogens (tertiary/aromatic N) is 3. The van der Waals surface area contributed by atoms with Crippen LogP contribution in [-0.4, -0.2) is 39.0 Å². The summed E-state index contributed by atoms with van der Waals surface area (Å²) in [4.78, 5) is 9.84. The van der Waals surface area contributed by atoms with Crippen molar-refractivity contribution in [2.24, 2.45) is 0 Å². The second-order valence-electron chi connectivity index (χ2n) is 3.14. The lowest BCUT2D eigenvalue weighted by molar-refractivity contribution is -0.385. The molecule has 1 rings (SSSR count). The standard InChI is InChI=1S/C8H14N4O3/c1-2-9-4-8(13)6-11-5-7(3-10-11)12(14)15/h3,5,8-9,13H,2,4,6H2,1H3. The zero-order valence-electron chi connectivity index (χ0n) is 8.46. The first-order valence-corrected chi connectivity index (χ1v) is 4.69. The van der Waals surface area contributed by atoms with E-state index in [1.807, 2.05) is 6.92 Å². The smallest absolute Gasteiger partial charge is 0.306 e.